The van der Waals surface area contributed by atoms with E-state index in [1.54, 1.807) is 30.6 Å². The minimum Gasteiger partial charge on any atom is -0.405 e. The predicted molar refractivity (Wildman–Crippen MR) is 119 cm³/mol. The van der Waals surface area contributed by atoms with Gasteiger partial charge in [-0.15, -0.1) is 13.2 Å². The zero-order valence-corrected chi connectivity index (χ0v) is 17.8. The fourth-order valence-electron chi connectivity index (χ4n) is 4.74. The minimum atomic E-state index is -4.79. The first-order valence-electron chi connectivity index (χ1n) is 10.9. The number of halogens is 3. The number of pyridine rings is 1. The Balaban J connectivity index is 1.58. The van der Waals surface area contributed by atoms with Crippen LogP contribution in [0.25, 0.3) is 16.7 Å². The van der Waals surface area contributed by atoms with Crippen molar-refractivity contribution in [3.63, 3.8) is 0 Å². The van der Waals surface area contributed by atoms with Gasteiger partial charge in [0.15, 0.2) is 0 Å². The number of alkyl halides is 3. The number of nitrogens with zero attached hydrogens (tertiary/aromatic N) is 1. The third kappa shape index (κ3) is 4.51. The summed E-state index contributed by atoms with van der Waals surface area (Å²) in [5.41, 5.74) is 3.09. The van der Waals surface area contributed by atoms with E-state index in [-0.39, 0.29) is 18.4 Å². The van der Waals surface area contributed by atoms with E-state index in [0.29, 0.717) is 11.1 Å². The van der Waals surface area contributed by atoms with Crippen LogP contribution in [0.4, 0.5) is 13.2 Å². The molecule has 1 aromatic heterocycles. The summed E-state index contributed by atoms with van der Waals surface area (Å²) in [5.74, 6) is -0.234. The summed E-state index contributed by atoms with van der Waals surface area (Å²) in [6.07, 6.45) is 2.22. The highest BCUT2D eigenvalue weighted by atomic mass is 19.4. The van der Waals surface area contributed by atoms with E-state index in [1.165, 1.54) is 6.07 Å². The largest absolute Gasteiger partial charge is 0.573 e. The molecule has 3 aromatic rings. The maximum atomic E-state index is 13.2. The molecule has 7 heteroatoms. The molecule has 3 heterocycles. The second-order valence-corrected chi connectivity index (χ2v) is 8.32. The van der Waals surface area contributed by atoms with Gasteiger partial charge >= 0.3 is 6.36 Å². The molecule has 4 nitrogen and oxygen atoms in total. The molecule has 1 N–H and O–H groups in total. The molecule has 2 aliphatic rings. The highest BCUT2D eigenvalue weighted by molar-refractivity contribution is 5.78. The Morgan fingerprint density at radius 3 is 2.64 bits per heavy atom. The van der Waals surface area contributed by atoms with Gasteiger partial charge in [-0.05, 0) is 60.4 Å². The first-order chi connectivity index (χ1) is 15.9. The molecular formula is C26H23F3N2O2. The zero-order valence-electron chi connectivity index (χ0n) is 17.8. The van der Waals surface area contributed by atoms with Crippen LogP contribution < -0.4 is 10.1 Å². The van der Waals surface area contributed by atoms with Crippen molar-refractivity contribution < 1.29 is 22.6 Å². The Morgan fingerprint density at radius 2 is 1.88 bits per heavy atom. The van der Waals surface area contributed by atoms with Gasteiger partial charge in [0.05, 0.1) is 12.6 Å². The van der Waals surface area contributed by atoms with Crippen LogP contribution in [0.3, 0.4) is 0 Å². The highest BCUT2D eigenvalue weighted by Gasteiger charge is 2.45. The van der Waals surface area contributed by atoms with Crippen molar-refractivity contribution >= 4 is 5.57 Å². The van der Waals surface area contributed by atoms with Crippen molar-refractivity contribution in [1.29, 1.82) is 0 Å². The Labute approximate surface area is 190 Å². The lowest BCUT2D eigenvalue weighted by atomic mass is 9.81. The first kappa shape index (κ1) is 21.7. The summed E-state index contributed by atoms with van der Waals surface area (Å²) in [6, 6.07) is 18.3. The van der Waals surface area contributed by atoms with E-state index in [1.807, 2.05) is 42.5 Å². The van der Waals surface area contributed by atoms with E-state index >= 15 is 0 Å². The monoisotopic (exact) mass is 452 g/mol. The number of hydrogen-bond donors (Lipinski definition) is 1. The van der Waals surface area contributed by atoms with Crippen molar-refractivity contribution in [3.05, 3.63) is 90.3 Å². The van der Waals surface area contributed by atoms with Gasteiger partial charge in [0.1, 0.15) is 11.4 Å². The molecule has 0 aliphatic carbocycles. The number of ether oxygens (including phenoxy) is 2. The Hall–Kier alpha value is -3.16. The van der Waals surface area contributed by atoms with Crippen molar-refractivity contribution in [2.45, 2.75) is 30.8 Å². The molecule has 170 valence electrons. The molecule has 2 aromatic carbocycles. The normalized spacial score (nSPS) is 22.9. The summed E-state index contributed by atoms with van der Waals surface area (Å²) in [4.78, 5) is 4.12. The quantitative estimate of drug-likeness (QED) is 0.533. The highest BCUT2D eigenvalue weighted by Crippen LogP contribution is 2.46. The molecule has 1 saturated heterocycles. The summed E-state index contributed by atoms with van der Waals surface area (Å²) < 4.78 is 50.2. The maximum Gasteiger partial charge on any atom is 0.573 e. The fourth-order valence-corrected chi connectivity index (χ4v) is 4.74. The van der Waals surface area contributed by atoms with Gasteiger partial charge in [0, 0.05) is 23.5 Å². The Kier molecular flexibility index (Phi) is 5.68. The van der Waals surface area contributed by atoms with Crippen LogP contribution in [0.5, 0.6) is 5.75 Å². The van der Waals surface area contributed by atoms with Crippen LogP contribution in [0.1, 0.15) is 30.0 Å². The van der Waals surface area contributed by atoms with Crippen molar-refractivity contribution in [2.24, 2.45) is 0 Å². The minimum absolute atomic E-state index is 0.0848. The summed E-state index contributed by atoms with van der Waals surface area (Å²) in [6.45, 7) is 1.06. The van der Waals surface area contributed by atoms with Crippen LogP contribution in [0.15, 0.2) is 79.1 Å². The molecule has 0 bridgehead atoms. The molecule has 2 aliphatic heterocycles. The number of benzene rings is 2. The zero-order chi connectivity index (χ0) is 22.9. The molecule has 1 fully saturated rings. The number of rotatable bonds is 4. The predicted octanol–water partition coefficient (Wildman–Crippen LogP) is 5.92. The SMILES string of the molecule is FC(F)(F)Oc1ccc(-c2cccnc2)cc1C1=C[C@@]2(CCCN[C@H]2c2ccccc2)OC1. The molecule has 0 amide bonds. The van der Waals surface area contributed by atoms with E-state index in [9.17, 15) is 13.2 Å². The summed E-state index contributed by atoms with van der Waals surface area (Å²) >= 11 is 0. The Morgan fingerprint density at radius 1 is 1.03 bits per heavy atom. The fraction of sp³-hybridized carbons (Fsp3) is 0.269. The molecule has 0 radical (unpaired) electrons. The molecule has 0 saturated carbocycles. The number of nitrogens with one attached hydrogen (secondary N) is 1. The van der Waals surface area contributed by atoms with Crippen LogP contribution in [-0.2, 0) is 4.74 Å². The number of hydrogen-bond acceptors (Lipinski definition) is 4. The molecule has 2 atom stereocenters. The van der Waals surface area contributed by atoms with E-state index in [4.69, 9.17) is 4.74 Å². The van der Waals surface area contributed by atoms with E-state index in [2.05, 4.69) is 15.0 Å². The average molecular weight is 452 g/mol. The van der Waals surface area contributed by atoms with Crippen LogP contribution in [-0.4, -0.2) is 30.1 Å². The van der Waals surface area contributed by atoms with Crippen molar-refractivity contribution in [1.82, 2.24) is 10.3 Å². The van der Waals surface area contributed by atoms with Crippen LogP contribution in [0.2, 0.25) is 0 Å². The maximum absolute atomic E-state index is 13.2. The average Bonchev–Trinajstić information content (AvgIpc) is 3.23. The standard InChI is InChI=1S/C26H23F3N2O2/c27-26(28,29)33-23-10-9-19(20-8-4-12-30-16-20)14-22(23)21-15-25(32-17-21)11-5-13-31-24(25)18-6-2-1-3-7-18/h1-4,6-10,12,14-16,24,31H,5,11,13,17H2/t24-,25+/m0/s1. The topological polar surface area (TPSA) is 43.4 Å². The molecule has 0 unspecified atom stereocenters. The lowest BCUT2D eigenvalue weighted by molar-refractivity contribution is -0.274. The molecule has 33 heavy (non-hydrogen) atoms. The van der Waals surface area contributed by atoms with Gasteiger partial charge in [-0.1, -0.05) is 42.5 Å². The van der Waals surface area contributed by atoms with Gasteiger partial charge in [-0.2, -0.15) is 0 Å². The second-order valence-electron chi connectivity index (χ2n) is 8.32. The first-order valence-corrected chi connectivity index (χ1v) is 10.9. The summed E-state index contributed by atoms with van der Waals surface area (Å²) in [5, 5.41) is 3.54. The van der Waals surface area contributed by atoms with Crippen molar-refractivity contribution in [2.75, 3.05) is 13.2 Å². The van der Waals surface area contributed by atoms with Gasteiger partial charge in [0.25, 0.3) is 0 Å². The lowest BCUT2D eigenvalue weighted by Gasteiger charge is -2.40. The molecule has 5 rings (SSSR count). The lowest BCUT2D eigenvalue weighted by Crippen LogP contribution is -2.47. The molecule has 1 spiro atoms. The van der Waals surface area contributed by atoms with Crippen LogP contribution in [0, 0.1) is 0 Å². The van der Waals surface area contributed by atoms with Gasteiger partial charge in [-0.3, -0.25) is 4.98 Å². The third-order valence-electron chi connectivity index (χ3n) is 6.18. The second kappa shape index (κ2) is 8.65. The van der Waals surface area contributed by atoms with Gasteiger partial charge in [0.2, 0.25) is 0 Å². The summed E-state index contributed by atoms with van der Waals surface area (Å²) in [7, 11) is 0. The van der Waals surface area contributed by atoms with Gasteiger partial charge in [-0.25, -0.2) is 0 Å². The van der Waals surface area contributed by atoms with E-state index < -0.39 is 12.0 Å². The number of aromatic nitrogens is 1. The smallest absolute Gasteiger partial charge is 0.405 e. The van der Waals surface area contributed by atoms with Crippen LogP contribution >= 0.6 is 0 Å². The third-order valence-corrected chi connectivity index (χ3v) is 6.18. The molecular weight excluding hydrogens is 429 g/mol. The number of piperidine rings is 1. The van der Waals surface area contributed by atoms with Crippen molar-refractivity contribution in [3.8, 4) is 16.9 Å². The Bertz CT molecular complexity index is 1150. The van der Waals surface area contributed by atoms with E-state index in [0.717, 1.165) is 36.1 Å². The van der Waals surface area contributed by atoms with Gasteiger partial charge < -0.3 is 14.8 Å².